The van der Waals surface area contributed by atoms with Gasteiger partial charge in [-0.3, -0.25) is 10.1 Å². The second-order valence-corrected chi connectivity index (χ2v) is 5.10. The van der Waals surface area contributed by atoms with Crippen LogP contribution >= 0.6 is 27.5 Å². The van der Waals surface area contributed by atoms with E-state index in [0.29, 0.717) is 4.47 Å². The van der Waals surface area contributed by atoms with Crippen molar-refractivity contribution in [1.82, 2.24) is 4.98 Å². The van der Waals surface area contributed by atoms with Gasteiger partial charge in [0.1, 0.15) is 0 Å². The average molecular weight is 374 g/mol. The minimum absolute atomic E-state index is 0.0554. The van der Waals surface area contributed by atoms with Gasteiger partial charge in [-0.15, -0.1) is 0 Å². The Morgan fingerprint density at radius 3 is 2.76 bits per heavy atom. The van der Waals surface area contributed by atoms with E-state index in [1.807, 2.05) is 0 Å². The zero-order valence-corrected chi connectivity index (χ0v) is 12.5. The number of carboxylic acid groups (broad SMARTS) is 1. The molecule has 0 fully saturated rings. The van der Waals surface area contributed by atoms with Crippen molar-refractivity contribution in [2.24, 2.45) is 0 Å². The Balaban J connectivity index is 2.41. The van der Waals surface area contributed by atoms with Gasteiger partial charge in [-0.05, 0) is 12.1 Å². The predicted octanol–water partition coefficient (Wildman–Crippen LogP) is 3.90. The van der Waals surface area contributed by atoms with Gasteiger partial charge >= 0.3 is 11.7 Å². The van der Waals surface area contributed by atoms with Gasteiger partial charge in [0.05, 0.1) is 21.7 Å². The minimum atomic E-state index is -1.25. The third kappa shape index (κ3) is 3.47. The molecule has 0 spiro atoms. The third-order valence-corrected chi connectivity index (χ3v) is 3.19. The Kier molecular flexibility index (Phi) is 4.39. The molecule has 0 saturated carbocycles. The first kappa shape index (κ1) is 15.2. The SMILES string of the molecule is O=C(O)c1cc(Oc2ccc(Br)cc2[N+](=O)[O-])ncc1Cl. The fourth-order valence-corrected chi connectivity index (χ4v) is 2.00. The highest BCUT2D eigenvalue weighted by Gasteiger charge is 2.18. The smallest absolute Gasteiger partial charge is 0.337 e. The molecule has 0 atom stereocenters. The Morgan fingerprint density at radius 1 is 1.43 bits per heavy atom. The number of nitro benzene ring substituents is 1. The number of rotatable bonds is 4. The highest BCUT2D eigenvalue weighted by Crippen LogP contribution is 2.33. The molecule has 9 heteroatoms. The lowest BCUT2D eigenvalue weighted by Crippen LogP contribution is -2.00. The molecule has 0 aliphatic rings. The van der Waals surface area contributed by atoms with E-state index in [2.05, 4.69) is 20.9 Å². The summed E-state index contributed by atoms with van der Waals surface area (Å²) in [7, 11) is 0. The van der Waals surface area contributed by atoms with Crippen LogP contribution in [0.4, 0.5) is 5.69 Å². The minimum Gasteiger partial charge on any atom is -0.478 e. The molecule has 1 N–H and O–H groups in total. The second kappa shape index (κ2) is 6.06. The normalized spacial score (nSPS) is 10.2. The molecule has 108 valence electrons. The van der Waals surface area contributed by atoms with Gasteiger partial charge in [-0.25, -0.2) is 9.78 Å². The number of carbonyl (C=O) groups is 1. The highest BCUT2D eigenvalue weighted by molar-refractivity contribution is 9.10. The molecule has 21 heavy (non-hydrogen) atoms. The summed E-state index contributed by atoms with van der Waals surface area (Å²) < 4.78 is 5.79. The molecule has 0 saturated heterocycles. The summed E-state index contributed by atoms with van der Waals surface area (Å²) in [6, 6.07) is 5.29. The van der Waals surface area contributed by atoms with Crippen LogP contribution in [0, 0.1) is 10.1 Å². The van der Waals surface area contributed by atoms with Gasteiger partial charge in [-0.1, -0.05) is 27.5 Å². The molecule has 0 aliphatic carbocycles. The zero-order valence-electron chi connectivity index (χ0n) is 10.1. The molecule has 0 unspecified atom stereocenters. The Morgan fingerprint density at radius 2 is 2.14 bits per heavy atom. The monoisotopic (exact) mass is 372 g/mol. The molecule has 7 nitrogen and oxygen atoms in total. The number of nitrogens with zero attached hydrogens (tertiary/aromatic N) is 2. The van der Waals surface area contributed by atoms with E-state index in [-0.39, 0.29) is 27.9 Å². The first-order chi connectivity index (χ1) is 9.88. The topological polar surface area (TPSA) is 103 Å². The summed E-state index contributed by atoms with van der Waals surface area (Å²) in [6.07, 6.45) is 1.10. The van der Waals surface area contributed by atoms with Crippen molar-refractivity contribution in [1.29, 1.82) is 0 Å². The van der Waals surface area contributed by atoms with Crippen molar-refractivity contribution in [3.63, 3.8) is 0 Å². The summed E-state index contributed by atoms with van der Waals surface area (Å²) in [6.45, 7) is 0. The predicted molar refractivity (Wildman–Crippen MR) is 77.1 cm³/mol. The van der Waals surface area contributed by atoms with Crippen LogP contribution in [0.1, 0.15) is 10.4 Å². The number of aromatic carboxylic acids is 1. The summed E-state index contributed by atoms with van der Waals surface area (Å²) >= 11 is 8.80. The van der Waals surface area contributed by atoms with E-state index >= 15 is 0 Å². The number of benzene rings is 1. The first-order valence-corrected chi connectivity index (χ1v) is 6.56. The maximum Gasteiger partial charge on any atom is 0.337 e. The highest BCUT2D eigenvalue weighted by atomic mass is 79.9. The molecule has 0 radical (unpaired) electrons. The maximum atomic E-state index is 11.0. The summed E-state index contributed by atoms with van der Waals surface area (Å²) in [4.78, 5) is 25.1. The van der Waals surface area contributed by atoms with Crippen molar-refractivity contribution in [3.05, 3.63) is 55.6 Å². The molecule has 0 aliphatic heterocycles. The van der Waals surface area contributed by atoms with Gasteiger partial charge < -0.3 is 9.84 Å². The largest absolute Gasteiger partial charge is 0.478 e. The summed E-state index contributed by atoms with van der Waals surface area (Å²) in [5.41, 5.74) is -0.487. The van der Waals surface area contributed by atoms with Crippen LogP contribution in [0.15, 0.2) is 34.9 Å². The van der Waals surface area contributed by atoms with Crippen LogP contribution in [0.3, 0.4) is 0 Å². The number of hydrogen-bond acceptors (Lipinski definition) is 5. The number of aromatic nitrogens is 1. The number of ether oxygens (including phenoxy) is 1. The molecule has 2 rings (SSSR count). The van der Waals surface area contributed by atoms with E-state index in [0.717, 1.165) is 12.3 Å². The van der Waals surface area contributed by atoms with Crippen LogP contribution in [-0.2, 0) is 0 Å². The van der Waals surface area contributed by atoms with Crippen LogP contribution in [0.25, 0.3) is 0 Å². The summed E-state index contributed by atoms with van der Waals surface area (Å²) in [5.74, 6) is -1.42. The molecule has 2 aromatic rings. The number of hydrogen-bond donors (Lipinski definition) is 1. The van der Waals surface area contributed by atoms with E-state index in [4.69, 9.17) is 21.4 Å². The molecule has 1 aromatic heterocycles. The fourth-order valence-electron chi connectivity index (χ4n) is 1.47. The van der Waals surface area contributed by atoms with Crippen LogP contribution < -0.4 is 4.74 Å². The van der Waals surface area contributed by atoms with E-state index in [1.54, 1.807) is 6.07 Å². The Bertz CT molecular complexity index is 738. The molecular weight excluding hydrogens is 367 g/mol. The van der Waals surface area contributed by atoms with Crippen molar-refractivity contribution < 1.29 is 19.6 Å². The Labute approximate surface area is 131 Å². The van der Waals surface area contributed by atoms with E-state index in [1.165, 1.54) is 12.1 Å². The van der Waals surface area contributed by atoms with Gasteiger partial charge in [0, 0.05) is 16.6 Å². The lowest BCUT2D eigenvalue weighted by molar-refractivity contribution is -0.385. The van der Waals surface area contributed by atoms with Gasteiger partial charge in [0.25, 0.3) is 0 Å². The average Bonchev–Trinajstić information content (AvgIpc) is 2.42. The molecule has 0 bridgehead atoms. The molecule has 1 aromatic carbocycles. The molecule has 0 amide bonds. The van der Waals surface area contributed by atoms with Gasteiger partial charge in [0.2, 0.25) is 11.6 Å². The molecular formula is C12H6BrClN2O5. The zero-order chi connectivity index (χ0) is 15.6. The number of nitro groups is 1. The second-order valence-electron chi connectivity index (χ2n) is 3.78. The van der Waals surface area contributed by atoms with Crippen LogP contribution in [0.5, 0.6) is 11.6 Å². The van der Waals surface area contributed by atoms with Gasteiger partial charge in [0.15, 0.2) is 0 Å². The lowest BCUT2D eigenvalue weighted by Gasteiger charge is -2.07. The number of halogens is 2. The van der Waals surface area contributed by atoms with E-state index in [9.17, 15) is 14.9 Å². The third-order valence-electron chi connectivity index (χ3n) is 2.39. The van der Waals surface area contributed by atoms with Crippen LogP contribution in [-0.4, -0.2) is 21.0 Å². The number of pyridine rings is 1. The lowest BCUT2D eigenvalue weighted by atomic mass is 10.2. The summed E-state index contributed by atoms with van der Waals surface area (Å²) in [5, 5.41) is 19.9. The van der Waals surface area contributed by atoms with Crippen molar-refractivity contribution in [2.45, 2.75) is 0 Å². The Hall–Kier alpha value is -2.19. The van der Waals surface area contributed by atoms with Gasteiger partial charge in [-0.2, -0.15) is 0 Å². The van der Waals surface area contributed by atoms with Crippen molar-refractivity contribution in [2.75, 3.05) is 0 Å². The van der Waals surface area contributed by atoms with Crippen LogP contribution in [0.2, 0.25) is 5.02 Å². The maximum absolute atomic E-state index is 11.0. The fraction of sp³-hybridized carbons (Fsp3) is 0. The van der Waals surface area contributed by atoms with Crippen molar-refractivity contribution in [3.8, 4) is 11.6 Å². The number of carboxylic acids is 1. The standard InChI is InChI=1S/C12H6BrClN2O5/c13-6-1-2-10(9(3-6)16(19)20)21-11-4-7(12(17)18)8(14)5-15-11/h1-5H,(H,17,18). The molecule has 1 heterocycles. The van der Waals surface area contributed by atoms with E-state index < -0.39 is 10.9 Å². The quantitative estimate of drug-likeness (QED) is 0.644. The first-order valence-electron chi connectivity index (χ1n) is 5.39. The van der Waals surface area contributed by atoms with Crippen molar-refractivity contribution >= 4 is 39.2 Å².